The number of hydrogen-bond donors (Lipinski definition) is 3. The van der Waals surface area contributed by atoms with Gasteiger partial charge in [-0.25, -0.2) is 0 Å². The zero-order valence-corrected chi connectivity index (χ0v) is 13.9. The Balaban J connectivity index is 2.95. The molecular formula is C18H27N3O. The van der Waals surface area contributed by atoms with Crippen molar-refractivity contribution in [3.63, 3.8) is 0 Å². The summed E-state index contributed by atoms with van der Waals surface area (Å²) in [5.74, 6) is 0.692. The quantitative estimate of drug-likeness (QED) is 0.430. The van der Waals surface area contributed by atoms with Crippen LogP contribution < -0.4 is 11.1 Å². The highest BCUT2D eigenvalue weighted by atomic mass is 16.3. The van der Waals surface area contributed by atoms with Gasteiger partial charge in [-0.15, -0.1) is 0 Å². The van der Waals surface area contributed by atoms with E-state index < -0.39 is 6.10 Å². The normalized spacial score (nSPS) is 15.3. The zero-order valence-electron chi connectivity index (χ0n) is 13.9. The number of benzene rings is 1. The molecule has 0 saturated heterocycles. The van der Waals surface area contributed by atoms with Gasteiger partial charge in [0.05, 0.1) is 5.70 Å². The number of aliphatic hydroxyl groups excluding tert-OH is 1. The summed E-state index contributed by atoms with van der Waals surface area (Å²) in [5.41, 5.74) is 9.37. The number of rotatable bonds is 6. The molecule has 0 aromatic heterocycles. The fourth-order valence-electron chi connectivity index (χ4n) is 2.12. The summed E-state index contributed by atoms with van der Waals surface area (Å²) in [6.07, 6.45) is 2.29. The average molecular weight is 301 g/mol. The van der Waals surface area contributed by atoms with Crippen LogP contribution in [0, 0.1) is 0 Å². The minimum absolute atomic E-state index is 0.607. The largest absolute Gasteiger partial charge is 0.396 e. The van der Waals surface area contributed by atoms with Crippen molar-refractivity contribution in [1.29, 1.82) is 0 Å². The molecule has 1 atom stereocenters. The maximum absolute atomic E-state index is 10.4. The second-order valence-corrected chi connectivity index (χ2v) is 5.30. The molecule has 0 aliphatic rings. The Hall–Kier alpha value is -2.07. The van der Waals surface area contributed by atoms with Crippen molar-refractivity contribution in [2.24, 2.45) is 10.7 Å². The molecule has 0 saturated carbocycles. The van der Waals surface area contributed by atoms with Gasteiger partial charge in [-0.2, -0.15) is 0 Å². The summed E-state index contributed by atoms with van der Waals surface area (Å²) in [6.45, 7) is 6.75. The van der Waals surface area contributed by atoms with Gasteiger partial charge in [-0.05, 0) is 37.0 Å². The highest BCUT2D eigenvalue weighted by Gasteiger charge is 2.10. The van der Waals surface area contributed by atoms with E-state index in [0.29, 0.717) is 11.5 Å². The lowest BCUT2D eigenvalue weighted by molar-refractivity contribution is 0.215. The highest BCUT2D eigenvalue weighted by Crippen LogP contribution is 2.22. The minimum atomic E-state index is -0.630. The first-order valence-electron chi connectivity index (χ1n) is 7.59. The fourth-order valence-corrected chi connectivity index (χ4v) is 2.12. The van der Waals surface area contributed by atoms with Crippen LogP contribution in [0.3, 0.4) is 0 Å². The van der Waals surface area contributed by atoms with Crippen LogP contribution in [0.1, 0.15) is 38.9 Å². The second-order valence-electron chi connectivity index (χ2n) is 5.30. The van der Waals surface area contributed by atoms with Crippen molar-refractivity contribution < 1.29 is 5.11 Å². The van der Waals surface area contributed by atoms with Crippen LogP contribution in [-0.2, 0) is 0 Å². The van der Waals surface area contributed by atoms with E-state index in [4.69, 9.17) is 5.73 Å². The first-order chi connectivity index (χ1) is 10.5. The van der Waals surface area contributed by atoms with Crippen molar-refractivity contribution in [3.05, 3.63) is 58.8 Å². The number of aliphatic imine (C=N–C) groups is 1. The first kappa shape index (κ1) is 18.0. The predicted molar refractivity (Wildman–Crippen MR) is 93.7 cm³/mol. The van der Waals surface area contributed by atoms with E-state index in [-0.39, 0.29) is 0 Å². The zero-order chi connectivity index (χ0) is 16.5. The third-order valence-electron chi connectivity index (χ3n) is 3.44. The molecule has 120 valence electrons. The minimum Gasteiger partial charge on any atom is -0.396 e. The van der Waals surface area contributed by atoms with Crippen LogP contribution >= 0.6 is 0 Å². The molecule has 1 unspecified atom stereocenters. The van der Waals surface area contributed by atoms with Crippen molar-refractivity contribution in [2.45, 2.75) is 33.3 Å². The Morgan fingerprint density at radius 1 is 1.32 bits per heavy atom. The van der Waals surface area contributed by atoms with E-state index >= 15 is 0 Å². The molecule has 22 heavy (non-hydrogen) atoms. The Bertz CT molecular complexity index is 559. The number of nitrogens with two attached hydrogens (primary N) is 1. The van der Waals surface area contributed by atoms with Gasteiger partial charge in [0.2, 0.25) is 0 Å². The summed E-state index contributed by atoms with van der Waals surface area (Å²) < 4.78 is 0. The molecule has 0 radical (unpaired) electrons. The first-order valence-corrected chi connectivity index (χ1v) is 7.59. The molecular weight excluding hydrogens is 274 g/mol. The molecule has 0 heterocycles. The number of nitrogens with one attached hydrogen (secondary N) is 1. The van der Waals surface area contributed by atoms with Crippen LogP contribution in [0.25, 0.3) is 0 Å². The summed E-state index contributed by atoms with van der Waals surface area (Å²) in [7, 11) is 1.72. The fraction of sp³-hybridized carbons (Fsp3) is 0.389. The number of amidine groups is 1. The smallest absolute Gasteiger partial charge is 0.144 e. The molecule has 0 spiro atoms. The Morgan fingerprint density at radius 2 is 1.95 bits per heavy atom. The van der Waals surface area contributed by atoms with Crippen molar-refractivity contribution in [3.8, 4) is 0 Å². The van der Waals surface area contributed by atoms with E-state index in [1.807, 2.05) is 50.3 Å². The SMILES string of the molecule is CCCNC(=NC)/C(N)=C(C)\C=C(/C)C(O)c1ccccc1. The van der Waals surface area contributed by atoms with Crippen molar-refractivity contribution in [2.75, 3.05) is 13.6 Å². The van der Waals surface area contributed by atoms with Gasteiger partial charge in [-0.1, -0.05) is 43.3 Å². The van der Waals surface area contributed by atoms with Gasteiger partial charge in [0, 0.05) is 13.6 Å². The summed E-state index contributed by atoms with van der Waals surface area (Å²) in [4.78, 5) is 4.19. The third kappa shape index (κ3) is 5.04. The van der Waals surface area contributed by atoms with Gasteiger partial charge in [0.15, 0.2) is 0 Å². The standard InChI is InChI=1S/C18H27N3O/c1-5-11-21-18(20-4)16(19)13(2)12-14(3)17(22)15-9-7-6-8-10-15/h6-10,12,17,22H,5,11,19H2,1-4H3,(H,20,21)/b14-12+,16-13+. The van der Waals surface area contributed by atoms with E-state index in [2.05, 4.69) is 17.2 Å². The lowest BCUT2D eigenvalue weighted by Crippen LogP contribution is -2.30. The molecule has 0 bridgehead atoms. The molecule has 1 rings (SSSR count). The van der Waals surface area contributed by atoms with Crippen LogP contribution in [-0.4, -0.2) is 24.5 Å². The van der Waals surface area contributed by atoms with E-state index in [9.17, 15) is 5.11 Å². The molecule has 0 aliphatic carbocycles. The topological polar surface area (TPSA) is 70.6 Å². The van der Waals surface area contributed by atoms with Gasteiger partial charge in [0.1, 0.15) is 11.9 Å². The molecule has 0 fully saturated rings. The van der Waals surface area contributed by atoms with Crippen LogP contribution in [0.4, 0.5) is 0 Å². The lowest BCUT2D eigenvalue weighted by atomic mass is 10.0. The monoisotopic (exact) mass is 301 g/mol. The molecule has 4 N–H and O–H groups in total. The number of hydrogen-bond acceptors (Lipinski definition) is 3. The third-order valence-corrected chi connectivity index (χ3v) is 3.44. The molecule has 1 aromatic rings. The maximum Gasteiger partial charge on any atom is 0.144 e. The number of nitrogens with zero attached hydrogens (tertiary/aromatic N) is 1. The van der Waals surface area contributed by atoms with Crippen molar-refractivity contribution in [1.82, 2.24) is 5.32 Å². The Morgan fingerprint density at radius 3 is 2.50 bits per heavy atom. The highest BCUT2D eigenvalue weighted by molar-refractivity contribution is 5.98. The molecule has 4 nitrogen and oxygen atoms in total. The summed E-state index contributed by atoms with van der Waals surface area (Å²) in [5, 5.41) is 13.6. The van der Waals surface area contributed by atoms with Gasteiger partial charge < -0.3 is 16.2 Å². The van der Waals surface area contributed by atoms with Crippen LogP contribution in [0.2, 0.25) is 0 Å². The Kier molecular flexibility index (Phi) is 7.40. The second kappa shape index (κ2) is 9.05. The number of allylic oxidation sites excluding steroid dienone is 2. The number of aliphatic hydroxyl groups is 1. The molecule has 0 amide bonds. The van der Waals surface area contributed by atoms with E-state index in [1.54, 1.807) is 7.05 Å². The van der Waals surface area contributed by atoms with Gasteiger partial charge in [-0.3, -0.25) is 4.99 Å². The summed E-state index contributed by atoms with van der Waals surface area (Å²) >= 11 is 0. The molecule has 0 aliphatic heterocycles. The van der Waals surface area contributed by atoms with Crippen LogP contribution in [0.15, 0.2) is 58.2 Å². The molecule has 4 heteroatoms. The van der Waals surface area contributed by atoms with E-state index in [0.717, 1.165) is 29.7 Å². The van der Waals surface area contributed by atoms with Gasteiger partial charge >= 0.3 is 0 Å². The Labute approximate surface area is 133 Å². The maximum atomic E-state index is 10.4. The molecule has 1 aromatic carbocycles. The van der Waals surface area contributed by atoms with Crippen molar-refractivity contribution >= 4 is 5.84 Å². The van der Waals surface area contributed by atoms with Gasteiger partial charge in [0.25, 0.3) is 0 Å². The van der Waals surface area contributed by atoms with E-state index in [1.165, 1.54) is 0 Å². The summed E-state index contributed by atoms with van der Waals surface area (Å²) in [6, 6.07) is 9.58. The predicted octanol–water partition coefficient (Wildman–Crippen LogP) is 2.93. The van der Waals surface area contributed by atoms with Crippen LogP contribution in [0.5, 0.6) is 0 Å². The average Bonchev–Trinajstić information content (AvgIpc) is 2.55. The lowest BCUT2D eigenvalue weighted by Gasteiger charge is -2.14.